The lowest BCUT2D eigenvalue weighted by molar-refractivity contribution is 0.108. The van der Waals surface area contributed by atoms with Crippen molar-refractivity contribution in [3.63, 3.8) is 0 Å². The van der Waals surface area contributed by atoms with E-state index in [9.17, 15) is 0 Å². The molecule has 1 aromatic rings. The summed E-state index contributed by atoms with van der Waals surface area (Å²) in [6.45, 7) is 7.41. The summed E-state index contributed by atoms with van der Waals surface area (Å²) in [6.07, 6.45) is 0.960. The zero-order valence-corrected chi connectivity index (χ0v) is 14.2. The number of benzene rings is 1. The molecule has 0 aromatic heterocycles. The molecule has 0 bridgehead atoms. The molecule has 0 aliphatic carbocycles. The molecule has 0 spiro atoms. The van der Waals surface area contributed by atoms with Crippen LogP contribution in [0.2, 0.25) is 0 Å². The van der Waals surface area contributed by atoms with E-state index in [2.05, 4.69) is 29.5 Å². The summed E-state index contributed by atoms with van der Waals surface area (Å²) in [6, 6.07) is 7.96. The zero-order valence-electron chi connectivity index (χ0n) is 14.2. The molecule has 0 heterocycles. The Morgan fingerprint density at radius 1 is 1.23 bits per heavy atom. The van der Waals surface area contributed by atoms with Gasteiger partial charge in [0.2, 0.25) is 0 Å². The molecule has 0 saturated carbocycles. The first-order valence-electron chi connectivity index (χ1n) is 7.81. The first-order valence-corrected chi connectivity index (χ1v) is 7.81. The number of hydrogen-bond acceptors (Lipinski definition) is 3. The Hall–Kier alpha value is -1.75. The summed E-state index contributed by atoms with van der Waals surface area (Å²) in [5.74, 6) is 2.26. The van der Waals surface area contributed by atoms with E-state index in [0.29, 0.717) is 12.5 Å². The minimum atomic E-state index is 0.586. The van der Waals surface area contributed by atoms with Gasteiger partial charge in [0.15, 0.2) is 5.96 Å². The largest absolute Gasteiger partial charge is 0.496 e. The fraction of sp³-hybridized carbons (Fsp3) is 0.588. The maximum atomic E-state index is 5.55. The van der Waals surface area contributed by atoms with Crippen molar-refractivity contribution >= 4 is 5.96 Å². The predicted molar refractivity (Wildman–Crippen MR) is 91.5 cm³/mol. The van der Waals surface area contributed by atoms with Crippen molar-refractivity contribution in [2.45, 2.75) is 26.8 Å². The summed E-state index contributed by atoms with van der Waals surface area (Å²) >= 11 is 0. The third-order valence-electron chi connectivity index (χ3n) is 3.07. The monoisotopic (exact) mass is 307 g/mol. The Labute approximate surface area is 134 Å². The number of guanidine groups is 1. The lowest BCUT2D eigenvalue weighted by Gasteiger charge is -2.14. The molecule has 0 atom stereocenters. The summed E-state index contributed by atoms with van der Waals surface area (Å²) in [7, 11) is 3.45. The Kier molecular flexibility index (Phi) is 9.07. The molecule has 22 heavy (non-hydrogen) atoms. The summed E-state index contributed by atoms with van der Waals surface area (Å²) in [5, 5.41) is 6.57. The van der Waals surface area contributed by atoms with Crippen LogP contribution in [0.15, 0.2) is 29.3 Å². The van der Waals surface area contributed by atoms with Crippen LogP contribution in [0.4, 0.5) is 0 Å². The van der Waals surface area contributed by atoms with E-state index in [-0.39, 0.29) is 0 Å². The van der Waals surface area contributed by atoms with Crippen LogP contribution < -0.4 is 15.4 Å². The average Bonchev–Trinajstić information content (AvgIpc) is 2.53. The molecule has 5 heteroatoms. The maximum Gasteiger partial charge on any atom is 0.191 e. The number of methoxy groups -OCH3 is 1. The van der Waals surface area contributed by atoms with Crippen molar-refractivity contribution < 1.29 is 9.47 Å². The molecule has 1 rings (SSSR count). The standard InChI is InChI=1S/C17H29N3O2/c1-14(2)13-22-11-7-10-19-17(18-3)20-12-15-8-5-6-9-16(15)21-4/h5-6,8-9,14H,7,10-13H2,1-4H3,(H2,18,19,20). The van der Waals surface area contributed by atoms with E-state index in [1.165, 1.54) is 0 Å². The van der Waals surface area contributed by atoms with Crippen LogP contribution in [0.5, 0.6) is 5.75 Å². The number of nitrogens with zero attached hydrogens (tertiary/aromatic N) is 1. The molecule has 0 amide bonds. The van der Waals surface area contributed by atoms with Crippen molar-refractivity contribution in [1.29, 1.82) is 0 Å². The molecular weight excluding hydrogens is 278 g/mol. The van der Waals surface area contributed by atoms with Gasteiger partial charge in [-0.3, -0.25) is 4.99 Å². The maximum absolute atomic E-state index is 5.55. The van der Waals surface area contributed by atoms with Crippen LogP contribution in [-0.4, -0.2) is 39.9 Å². The lowest BCUT2D eigenvalue weighted by atomic mass is 10.2. The van der Waals surface area contributed by atoms with Crippen LogP contribution in [0.25, 0.3) is 0 Å². The van der Waals surface area contributed by atoms with Gasteiger partial charge in [-0.05, 0) is 18.4 Å². The number of ether oxygens (including phenoxy) is 2. The lowest BCUT2D eigenvalue weighted by Crippen LogP contribution is -2.37. The topological polar surface area (TPSA) is 54.9 Å². The van der Waals surface area contributed by atoms with Crippen molar-refractivity contribution in [1.82, 2.24) is 10.6 Å². The normalized spacial score (nSPS) is 11.6. The third-order valence-corrected chi connectivity index (χ3v) is 3.07. The zero-order chi connectivity index (χ0) is 16.2. The molecule has 5 nitrogen and oxygen atoms in total. The van der Waals surface area contributed by atoms with Gasteiger partial charge in [-0.15, -0.1) is 0 Å². The minimum Gasteiger partial charge on any atom is -0.496 e. The Bertz CT molecular complexity index is 447. The molecule has 0 unspecified atom stereocenters. The van der Waals surface area contributed by atoms with Gasteiger partial charge in [0.1, 0.15) is 5.75 Å². The van der Waals surface area contributed by atoms with Gasteiger partial charge in [0, 0.05) is 38.9 Å². The molecule has 0 aliphatic rings. The molecule has 1 aromatic carbocycles. The number of hydrogen-bond donors (Lipinski definition) is 2. The van der Waals surface area contributed by atoms with Crippen LogP contribution >= 0.6 is 0 Å². The van der Waals surface area contributed by atoms with Gasteiger partial charge in [-0.1, -0.05) is 32.0 Å². The van der Waals surface area contributed by atoms with Crippen LogP contribution in [0, 0.1) is 5.92 Å². The van der Waals surface area contributed by atoms with Crippen LogP contribution in [0.3, 0.4) is 0 Å². The van der Waals surface area contributed by atoms with Gasteiger partial charge < -0.3 is 20.1 Å². The smallest absolute Gasteiger partial charge is 0.191 e. The number of aliphatic imine (C=N–C) groups is 1. The molecule has 0 fully saturated rings. The third kappa shape index (κ3) is 7.31. The summed E-state index contributed by atoms with van der Waals surface area (Å²) in [4.78, 5) is 4.22. The second kappa shape index (κ2) is 10.9. The Morgan fingerprint density at radius 3 is 2.68 bits per heavy atom. The second-order valence-electron chi connectivity index (χ2n) is 5.49. The summed E-state index contributed by atoms with van der Waals surface area (Å²) in [5.41, 5.74) is 1.10. The van der Waals surface area contributed by atoms with Gasteiger partial charge in [0.25, 0.3) is 0 Å². The Balaban J connectivity index is 2.25. The van der Waals surface area contributed by atoms with Gasteiger partial charge in [-0.25, -0.2) is 0 Å². The van der Waals surface area contributed by atoms with E-state index in [0.717, 1.165) is 43.5 Å². The highest BCUT2D eigenvalue weighted by atomic mass is 16.5. The van der Waals surface area contributed by atoms with Crippen LogP contribution in [0.1, 0.15) is 25.8 Å². The number of para-hydroxylation sites is 1. The van der Waals surface area contributed by atoms with E-state index in [4.69, 9.17) is 9.47 Å². The predicted octanol–water partition coefficient (Wildman–Crippen LogP) is 2.42. The van der Waals surface area contributed by atoms with Crippen molar-refractivity contribution in [3.8, 4) is 5.75 Å². The number of rotatable bonds is 9. The van der Waals surface area contributed by atoms with Crippen molar-refractivity contribution in [3.05, 3.63) is 29.8 Å². The van der Waals surface area contributed by atoms with Crippen molar-refractivity contribution in [2.75, 3.05) is 33.9 Å². The highest BCUT2D eigenvalue weighted by Crippen LogP contribution is 2.16. The van der Waals surface area contributed by atoms with Gasteiger partial charge in [-0.2, -0.15) is 0 Å². The van der Waals surface area contributed by atoms with Crippen molar-refractivity contribution in [2.24, 2.45) is 10.9 Å². The average molecular weight is 307 g/mol. The van der Waals surface area contributed by atoms with Gasteiger partial charge >= 0.3 is 0 Å². The quantitative estimate of drug-likeness (QED) is 0.418. The molecule has 0 saturated heterocycles. The van der Waals surface area contributed by atoms with E-state index in [1.54, 1.807) is 14.2 Å². The molecule has 0 radical (unpaired) electrons. The first kappa shape index (κ1) is 18.3. The Morgan fingerprint density at radius 2 is 2.00 bits per heavy atom. The van der Waals surface area contributed by atoms with Gasteiger partial charge in [0.05, 0.1) is 7.11 Å². The SMILES string of the molecule is CN=C(NCCCOCC(C)C)NCc1ccccc1OC. The van der Waals surface area contributed by atoms with E-state index >= 15 is 0 Å². The fourth-order valence-electron chi connectivity index (χ4n) is 1.95. The minimum absolute atomic E-state index is 0.586. The molecule has 0 aliphatic heterocycles. The second-order valence-corrected chi connectivity index (χ2v) is 5.49. The molecule has 124 valence electrons. The molecule has 2 N–H and O–H groups in total. The van der Waals surface area contributed by atoms with Crippen LogP contribution in [-0.2, 0) is 11.3 Å². The number of nitrogens with one attached hydrogen (secondary N) is 2. The van der Waals surface area contributed by atoms with E-state index < -0.39 is 0 Å². The highest BCUT2D eigenvalue weighted by molar-refractivity contribution is 5.79. The highest BCUT2D eigenvalue weighted by Gasteiger charge is 2.03. The fourth-order valence-corrected chi connectivity index (χ4v) is 1.95. The van der Waals surface area contributed by atoms with E-state index in [1.807, 2.05) is 24.3 Å². The first-order chi connectivity index (χ1) is 10.7. The molecular formula is C17H29N3O2. The summed E-state index contributed by atoms with van der Waals surface area (Å²) < 4.78 is 10.9.